The van der Waals surface area contributed by atoms with E-state index < -0.39 is 0 Å². The number of nitrogens with one attached hydrogen (secondary N) is 1. The maximum atomic E-state index is 12.8. The van der Waals surface area contributed by atoms with Crippen LogP contribution in [0.3, 0.4) is 0 Å². The summed E-state index contributed by atoms with van der Waals surface area (Å²) in [6.07, 6.45) is 0. The summed E-state index contributed by atoms with van der Waals surface area (Å²) >= 11 is 0. The monoisotopic (exact) mass is 391 g/mol. The molecular formula is C24H29N3O2. The van der Waals surface area contributed by atoms with Crippen LogP contribution in [-0.2, 0) is 11.3 Å². The molecule has 0 saturated carbocycles. The number of carbonyl (C=O) groups is 2. The van der Waals surface area contributed by atoms with Gasteiger partial charge in [0.05, 0.1) is 6.04 Å². The van der Waals surface area contributed by atoms with E-state index in [0.29, 0.717) is 25.6 Å². The molecule has 2 aromatic carbocycles. The number of hydrogen-bond donors (Lipinski definition) is 1. The molecule has 5 nitrogen and oxygen atoms in total. The van der Waals surface area contributed by atoms with Gasteiger partial charge in [-0.3, -0.25) is 4.79 Å². The van der Waals surface area contributed by atoms with Crippen LogP contribution in [0, 0.1) is 25.7 Å². The van der Waals surface area contributed by atoms with Crippen molar-refractivity contribution in [1.29, 1.82) is 0 Å². The number of nitrogens with zero attached hydrogens (tertiary/aromatic N) is 2. The Hall–Kier alpha value is -2.82. The first-order valence-corrected chi connectivity index (χ1v) is 10.3. The lowest BCUT2D eigenvalue weighted by Crippen LogP contribution is -2.41. The standard InChI is InChI=1S/C24H29N3O2/c1-16-8-10-19(11-9-16)12-25-24(29)26-13-20-14-27(18(3)28)23(22(20)15-26)21-7-5-4-6-17(21)2/h4-11,20,22-23H,12-15H2,1-3H3,(H,25,29)/t20-,22-,23-/m1/s1. The smallest absolute Gasteiger partial charge is 0.317 e. The highest BCUT2D eigenvalue weighted by Crippen LogP contribution is 2.45. The maximum Gasteiger partial charge on any atom is 0.317 e. The number of likely N-dealkylation sites (tertiary alicyclic amines) is 2. The minimum Gasteiger partial charge on any atom is -0.335 e. The number of amides is 3. The van der Waals surface area contributed by atoms with Crippen molar-refractivity contribution in [2.75, 3.05) is 19.6 Å². The van der Waals surface area contributed by atoms with Crippen molar-refractivity contribution in [2.24, 2.45) is 11.8 Å². The largest absolute Gasteiger partial charge is 0.335 e. The van der Waals surface area contributed by atoms with Crippen LogP contribution in [0.15, 0.2) is 48.5 Å². The van der Waals surface area contributed by atoms with E-state index in [2.05, 4.69) is 43.4 Å². The van der Waals surface area contributed by atoms with Gasteiger partial charge in [0.25, 0.3) is 0 Å². The van der Waals surface area contributed by atoms with Gasteiger partial charge in [-0.25, -0.2) is 4.79 Å². The van der Waals surface area contributed by atoms with E-state index in [1.165, 1.54) is 16.7 Å². The lowest BCUT2D eigenvalue weighted by atomic mass is 9.87. The van der Waals surface area contributed by atoms with Gasteiger partial charge in [0.2, 0.25) is 5.91 Å². The van der Waals surface area contributed by atoms with Gasteiger partial charge in [-0.15, -0.1) is 0 Å². The van der Waals surface area contributed by atoms with Crippen LogP contribution in [-0.4, -0.2) is 41.4 Å². The van der Waals surface area contributed by atoms with Crippen LogP contribution in [0.25, 0.3) is 0 Å². The topological polar surface area (TPSA) is 52.7 Å². The minimum atomic E-state index is -0.0158. The fourth-order valence-electron chi connectivity index (χ4n) is 4.85. The molecule has 29 heavy (non-hydrogen) atoms. The number of rotatable bonds is 3. The van der Waals surface area contributed by atoms with Gasteiger partial charge in [0, 0.05) is 44.9 Å². The third-order valence-electron chi connectivity index (χ3n) is 6.43. The normalized spacial score (nSPS) is 23.2. The number of urea groups is 1. The molecule has 3 amide bonds. The van der Waals surface area contributed by atoms with E-state index in [4.69, 9.17) is 0 Å². The first-order chi connectivity index (χ1) is 13.9. The van der Waals surface area contributed by atoms with E-state index >= 15 is 0 Å². The van der Waals surface area contributed by atoms with Crippen molar-refractivity contribution in [2.45, 2.75) is 33.4 Å². The van der Waals surface area contributed by atoms with Gasteiger partial charge in [-0.1, -0.05) is 54.1 Å². The molecule has 0 aliphatic carbocycles. The van der Waals surface area contributed by atoms with Gasteiger partial charge >= 0.3 is 6.03 Å². The maximum absolute atomic E-state index is 12.8. The minimum absolute atomic E-state index is 0.0158. The van der Waals surface area contributed by atoms with Crippen LogP contribution >= 0.6 is 0 Å². The molecule has 4 rings (SSSR count). The third kappa shape index (κ3) is 3.86. The summed E-state index contributed by atoms with van der Waals surface area (Å²) in [5.41, 5.74) is 4.72. The summed E-state index contributed by atoms with van der Waals surface area (Å²) in [5, 5.41) is 3.06. The highest BCUT2D eigenvalue weighted by atomic mass is 16.2. The molecule has 1 N–H and O–H groups in total. The Labute approximate surface area is 172 Å². The lowest BCUT2D eigenvalue weighted by molar-refractivity contribution is -0.130. The van der Waals surface area contributed by atoms with Gasteiger partial charge in [0.1, 0.15) is 0 Å². The van der Waals surface area contributed by atoms with E-state index in [9.17, 15) is 9.59 Å². The Morgan fingerprint density at radius 3 is 2.41 bits per heavy atom. The molecule has 5 heteroatoms. The summed E-state index contributed by atoms with van der Waals surface area (Å²) in [7, 11) is 0. The third-order valence-corrected chi connectivity index (χ3v) is 6.43. The molecule has 2 saturated heterocycles. The van der Waals surface area contributed by atoms with Crippen molar-refractivity contribution >= 4 is 11.9 Å². The SMILES string of the molecule is CC(=O)N1C[C@H]2CN(C(=O)NCc3ccc(C)cc3)C[C@H]2[C@H]1c1ccccc1C. The van der Waals surface area contributed by atoms with Crippen molar-refractivity contribution in [3.8, 4) is 0 Å². The zero-order valence-corrected chi connectivity index (χ0v) is 17.4. The molecule has 152 valence electrons. The molecule has 0 aromatic heterocycles. The van der Waals surface area contributed by atoms with Gasteiger partial charge in [-0.05, 0) is 30.5 Å². The quantitative estimate of drug-likeness (QED) is 0.868. The summed E-state index contributed by atoms with van der Waals surface area (Å²) in [4.78, 5) is 29.0. The number of benzene rings is 2. The van der Waals surface area contributed by atoms with Gasteiger partial charge in [-0.2, -0.15) is 0 Å². The average molecular weight is 392 g/mol. The predicted octanol–water partition coefficient (Wildman–Crippen LogP) is 3.66. The average Bonchev–Trinajstić information content (AvgIpc) is 3.26. The first kappa shape index (κ1) is 19.5. The molecule has 3 atom stereocenters. The molecule has 0 bridgehead atoms. The van der Waals surface area contributed by atoms with Crippen LogP contribution in [0.1, 0.15) is 35.2 Å². The fraction of sp³-hybridized carbons (Fsp3) is 0.417. The Balaban J connectivity index is 1.46. The van der Waals surface area contributed by atoms with Gasteiger partial charge < -0.3 is 15.1 Å². The van der Waals surface area contributed by atoms with E-state index in [0.717, 1.165) is 12.1 Å². The van der Waals surface area contributed by atoms with Crippen molar-refractivity contribution in [3.05, 3.63) is 70.8 Å². The van der Waals surface area contributed by atoms with Crippen LogP contribution in [0.2, 0.25) is 0 Å². The molecule has 2 heterocycles. The highest BCUT2D eigenvalue weighted by molar-refractivity contribution is 5.76. The number of aryl methyl sites for hydroxylation is 2. The zero-order chi connectivity index (χ0) is 20.5. The van der Waals surface area contributed by atoms with E-state index in [1.807, 2.05) is 34.1 Å². The Bertz CT molecular complexity index is 909. The van der Waals surface area contributed by atoms with Crippen LogP contribution in [0.4, 0.5) is 4.79 Å². The summed E-state index contributed by atoms with van der Waals surface area (Å²) < 4.78 is 0. The molecule has 0 radical (unpaired) electrons. The summed E-state index contributed by atoms with van der Waals surface area (Å²) in [6.45, 7) is 8.46. The predicted molar refractivity (Wildman–Crippen MR) is 113 cm³/mol. The molecule has 0 unspecified atom stereocenters. The zero-order valence-electron chi connectivity index (χ0n) is 17.4. The summed E-state index contributed by atoms with van der Waals surface area (Å²) in [5.74, 6) is 0.724. The number of carbonyl (C=O) groups excluding carboxylic acids is 2. The van der Waals surface area contributed by atoms with Crippen LogP contribution < -0.4 is 5.32 Å². The highest BCUT2D eigenvalue weighted by Gasteiger charge is 2.49. The second kappa shape index (κ2) is 7.90. The fourth-order valence-corrected chi connectivity index (χ4v) is 4.85. The lowest BCUT2D eigenvalue weighted by Gasteiger charge is -2.30. The van der Waals surface area contributed by atoms with Crippen molar-refractivity contribution in [1.82, 2.24) is 15.1 Å². The summed E-state index contributed by atoms with van der Waals surface area (Å²) in [6, 6.07) is 16.5. The molecule has 2 aromatic rings. The molecule has 2 fully saturated rings. The second-order valence-electron chi connectivity index (χ2n) is 8.45. The number of hydrogen-bond acceptors (Lipinski definition) is 2. The first-order valence-electron chi connectivity index (χ1n) is 10.3. The number of fused-ring (bicyclic) bond motifs is 1. The molecule has 2 aliphatic rings. The van der Waals surface area contributed by atoms with Crippen molar-refractivity contribution < 1.29 is 9.59 Å². The Morgan fingerprint density at radius 2 is 1.72 bits per heavy atom. The van der Waals surface area contributed by atoms with E-state index in [1.54, 1.807) is 6.92 Å². The Kier molecular flexibility index (Phi) is 5.31. The van der Waals surface area contributed by atoms with Crippen LogP contribution in [0.5, 0.6) is 0 Å². The molecule has 0 spiro atoms. The van der Waals surface area contributed by atoms with E-state index in [-0.39, 0.29) is 23.9 Å². The molecule has 2 aliphatic heterocycles. The second-order valence-corrected chi connectivity index (χ2v) is 8.45. The van der Waals surface area contributed by atoms with Gasteiger partial charge in [0.15, 0.2) is 0 Å². The Morgan fingerprint density at radius 1 is 1.00 bits per heavy atom. The van der Waals surface area contributed by atoms with Crippen molar-refractivity contribution in [3.63, 3.8) is 0 Å². The molecular weight excluding hydrogens is 362 g/mol.